The molecule has 0 spiro atoms. The van der Waals surface area contributed by atoms with Crippen LogP contribution in [0.2, 0.25) is 5.02 Å². The van der Waals surface area contributed by atoms with E-state index in [4.69, 9.17) is 11.6 Å². The van der Waals surface area contributed by atoms with E-state index in [1.165, 1.54) is 10.4 Å². The molecule has 0 saturated carbocycles. The van der Waals surface area contributed by atoms with Crippen LogP contribution >= 0.6 is 41.9 Å². The first-order valence-corrected chi connectivity index (χ1v) is 16.5. The number of hydrogen-bond acceptors (Lipinski definition) is 5. The molecule has 2 fully saturated rings. The zero-order valence-corrected chi connectivity index (χ0v) is 23.3. The van der Waals surface area contributed by atoms with E-state index < -0.39 is 22.0 Å². The van der Waals surface area contributed by atoms with Crippen molar-refractivity contribution in [3.8, 4) is 0 Å². The standard InChI is InChI=1S/C26H24ClIN2O3S2/c27-21-13-7-8-14-26(21)35(32,33)29-17-20-24(15-22(29)18-9-3-1-4-10-18)30(34-28)23(16-25(20)31)19-11-5-2-6-12-19/h1-14,20,22-24H,15-17H2/t20-,22+,23+,24+/m1/s1. The number of piperidine rings is 2. The number of halogens is 2. The first-order valence-electron chi connectivity index (χ1n) is 11.4. The summed E-state index contributed by atoms with van der Waals surface area (Å²) in [7, 11) is -2.33. The summed E-state index contributed by atoms with van der Waals surface area (Å²) in [6, 6.07) is 25.7. The van der Waals surface area contributed by atoms with Gasteiger partial charge in [0.1, 0.15) is 10.7 Å². The largest absolute Gasteiger partial charge is 0.299 e. The normalized spacial score (nSPS) is 25.8. The topological polar surface area (TPSA) is 57.7 Å². The van der Waals surface area contributed by atoms with Crippen LogP contribution in [0.25, 0.3) is 0 Å². The van der Waals surface area contributed by atoms with Gasteiger partial charge in [-0.25, -0.2) is 12.7 Å². The minimum atomic E-state index is -3.93. The predicted octanol–water partition coefficient (Wildman–Crippen LogP) is 6.47. The molecule has 182 valence electrons. The molecule has 5 nitrogen and oxygen atoms in total. The van der Waals surface area contributed by atoms with Gasteiger partial charge in [-0.2, -0.15) is 4.31 Å². The average Bonchev–Trinajstić information content (AvgIpc) is 2.89. The summed E-state index contributed by atoms with van der Waals surface area (Å²) in [5, 5.41) is 0.185. The average molecular weight is 639 g/mol. The first kappa shape index (κ1) is 25.2. The Morgan fingerprint density at radius 2 is 1.43 bits per heavy atom. The number of Topliss-reactive ketones (excluding diaryl/α,β-unsaturated/α-hetero) is 1. The summed E-state index contributed by atoms with van der Waals surface area (Å²) in [5.41, 5.74) is 2.01. The second-order valence-electron chi connectivity index (χ2n) is 8.87. The summed E-state index contributed by atoms with van der Waals surface area (Å²) in [6.45, 7) is 0.131. The third kappa shape index (κ3) is 4.81. The molecule has 9 heteroatoms. The van der Waals surface area contributed by atoms with Crippen molar-refractivity contribution in [3.05, 3.63) is 101 Å². The molecule has 3 aromatic carbocycles. The van der Waals surface area contributed by atoms with Gasteiger partial charge in [-0.1, -0.05) is 84.4 Å². The Balaban J connectivity index is 1.57. The number of carbonyl (C=O) groups excluding carboxylic acids is 1. The maximum Gasteiger partial charge on any atom is 0.245 e. The quantitative estimate of drug-likeness (QED) is 0.237. The molecule has 0 radical (unpaired) electrons. The van der Waals surface area contributed by atoms with Gasteiger partial charge in [-0.3, -0.25) is 4.79 Å². The Hall–Kier alpha value is -1.43. The molecular formula is C26H24ClIN2O3S2. The molecule has 0 bridgehead atoms. The molecule has 35 heavy (non-hydrogen) atoms. The van der Waals surface area contributed by atoms with Gasteiger partial charge in [-0.05, 0) is 38.8 Å². The Kier molecular flexibility index (Phi) is 7.58. The highest BCUT2D eigenvalue weighted by Crippen LogP contribution is 2.49. The van der Waals surface area contributed by atoms with Crippen LogP contribution in [-0.2, 0) is 14.8 Å². The van der Waals surface area contributed by atoms with Crippen molar-refractivity contribution in [1.82, 2.24) is 8.61 Å². The fraction of sp³-hybridized carbons (Fsp3) is 0.269. The van der Waals surface area contributed by atoms with E-state index in [9.17, 15) is 13.2 Å². The van der Waals surface area contributed by atoms with Crippen LogP contribution in [0.1, 0.15) is 36.1 Å². The predicted molar refractivity (Wildman–Crippen MR) is 149 cm³/mol. The van der Waals surface area contributed by atoms with Crippen molar-refractivity contribution in [2.45, 2.75) is 35.9 Å². The minimum absolute atomic E-state index is 0.0463. The highest BCUT2D eigenvalue weighted by Gasteiger charge is 2.51. The summed E-state index contributed by atoms with van der Waals surface area (Å²) in [5.74, 6) is -0.300. The number of carbonyl (C=O) groups is 1. The van der Waals surface area contributed by atoms with Crippen molar-refractivity contribution in [2.24, 2.45) is 5.92 Å². The monoisotopic (exact) mass is 638 g/mol. The third-order valence-corrected chi connectivity index (χ3v) is 11.4. The van der Waals surface area contributed by atoms with E-state index in [0.29, 0.717) is 12.8 Å². The van der Waals surface area contributed by atoms with E-state index in [1.807, 2.05) is 48.5 Å². The van der Waals surface area contributed by atoms with Crippen LogP contribution in [0.4, 0.5) is 0 Å². The van der Waals surface area contributed by atoms with Gasteiger partial charge in [0.25, 0.3) is 0 Å². The smallest absolute Gasteiger partial charge is 0.245 e. The summed E-state index contributed by atoms with van der Waals surface area (Å²) in [4.78, 5) is 13.6. The van der Waals surface area contributed by atoms with Crippen LogP contribution in [0.15, 0.2) is 89.8 Å². The molecule has 4 atom stereocenters. The number of benzene rings is 3. The van der Waals surface area contributed by atoms with Gasteiger partial charge in [0.2, 0.25) is 10.0 Å². The van der Waals surface area contributed by atoms with E-state index in [1.54, 1.807) is 27.3 Å². The number of nitrogens with zero attached hydrogens (tertiary/aromatic N) is 2. The molecule has 0 amide bonds. The zero-order valence-electron chi connectivity index (χ0n) is 18.7. The Morgan fingerprint density at radius 3 is 2.03 bits per heavy atom. The van der Waals surface area contributed by atoms with Crippen molar-refractivity contribution < 1.29 is 13.2 Å². The molecule has 0 N–H and O–H groups in total. The second kappa shape index (κ2) is 10.5. The van der Waals surface area contributed by atoms with Crippen molar-refractivity contribution >= 4 is 57.7 Å². The molecule has 2 heterocycles. The molecule has 3 aromatic rings. The van der Waals surface area contributed by atoms with Gasteiger partial charge >= 0.3 is 0 Å². The maximum atomic E-state index is 13.9. The van der Waals surface area contributed by atoms with Crippen molar-refractivity contribution in [1.29, 1.82) is 0 Å². The van der Waals surface area contributed by atoms with Crippen molar-refractivity contribution in [2.75, 3.05) is 6.54 Å². The SMILES string of the molecule is O=C1C[C@@H](c2ccccc2)N(SI)[C@H]2C[C@@H](c3ccccc3)N(S(=O)(=O)c3ccccc3Cl)C[C@@H]12. The summed E-state index contributed by atoms with van der Waals surface area (Å²) >= 11 is 8.62. The molecule has 5 rings (SSSR count). The molecule has 0 aliphatic carbocycles. The van der Waals surface area contributed by atoms with Gasteiger partial charge in [-0.15, -0.1) is 0 Å². The fourth-order valence-corrected chi connectivity index (χ4v) is 9.75. The minimum Gasteiger partial charge on any atom is -0.299 e. The van der Waals surface area contributed by atoms with E-state index in [2.05, 4.69) is 37.6 Å². The maximum absolute atomic E-state index is 13.9. The highest BCUT2D eigenvalue weighted by atomic mass is 127. The van der Waals surface area contributed by atoms with Crippen LogP contribution in [0.3, 0.4) is 0 Å². The van der Waals surface area contributed by atoms with E-state index in [0.717, 1.165) is 11.1 Å². The Morgan fingerprint density at radius 1 is 0.857 bits per heavy atom. The fourth-order valence-electron chi connectivity index (χ4n) is 5.28. The lowest BCUT2D eigenvalue weighted by molar-refractivity contribution is -0.131. The van der Waals surface area contributed by atoms with Gasteiger partial charge in [0.05, 0.1) is 17.1 Å². The molecule has 2 aliphatic rings. The number of fused-ring (bicyclic) bond motifs is 1. The molecule has 0 unspecified atom stereocenters. The third-order valence-electron chi connectivity index (χ3n) is 6.97. The highest BCUT2D eigenvalue weighted by molar-refractivity contribution is 14.2. The summed E-state index contributed by atoms with van der Waals surface area (Å²) in [6.07, 6.45) is 0.876. The Bertz CT molecular complexity index is 1310. The van der Waals surface area contributed by atoms with E-state index in [-0.39, 0.29) is 34.3 Å². The van der Waals surface area contributed by atoms with Crippen LogP contribution in [0.5, 0.6) is 0 Å². The molecular weight excluding hydrogens is 615 g/mol. The van der Waals surface area contributed by atoms with Gasteiger partial charge in [0.15, 0.2) is 0 Å². The number of rotatable bonds is 5. The second-order valence-corrected chi connectivity index (χ2v) is 12.9. The number of hydrogen-bond donors (Lipinski definition) is 0. The first-order chi connectivity index (χ1) is 16.9. The lowest BCUT2D eigenvalue weighted by Gasteiger charge is -2.50. The van der Waals surface area contributed by atoms with Gasteiger partial charge < -0.3 is 0 Å². The summed E-state index contributed by atoms with van der Waals surface area (Å²) < 4.78 is 31.6. The molecule has 2 aliphatic heterocycles. The van der Waals surface area contributed by atoms with Crippen molar-refractivity contribution in [3.63, 3.8) is 0 Å². The lowest BCUT2D eigenvalue weighted by Crippen LogP contribution is -2.57. The van der Waals surface area contributed by atoms with Crippen LogP contribution in [-0.4, -0.2) is 35.4 Å². The van der Waals surface area contributed by atoms with Crippen LogP contribution < -0.4 is 0 Å². The number of sulfonamides is 1. The molecule has 0 aromatic heterocycles. The van der Waals surface area contributed by atoms with Crippen LogP contribution in [0, 0.1) is 5.92 Å². The molecule has 2 saturated heterocycles. The zero-order chi connectivity index (χ0) is 24.6. The number of ketones is 1. The van der Waals surface area contributed by atoms with E-state index >= 15 is 0 Å². The van der Waals surface area contributed by atoms with Gasteiger partial charge in [0, 0.05) is 46.1 Å². The Labute approximate surface area is 227 Å². The lowest BCUT2D eigenvalue weighted by atomic mass is 9.77.